The lowest BCUT2D eigenvalue weighted by molar-refractivity contribution is -0.137. The highest BCUT2D eigenvalue weighted by atomic mass is 32.2. The van der Waals surface area contributed by atoms with Crippen LogP contribution < -0.4 is 5.32 Å². The van der Waals surface area contributed by atoms with Gasteiger partial charge in [-0.2, -0.15) is 0 Å². The van der Waals surface area contributed by atoms with Crippen LogP contribution in [0.1, 0.15) is 13.3 Å². The molecule has 0 unspecified atom stereocenters. The Morgan fingerprint density at radius 2 is 2.54 bits per heavy atom. The predicted molar refractivity (Wildman–Crippen MR) is 49.9 cm³/mol. The Hall–Kier alpha value is -0.970. The van der Waals surface area contributed by atoms with Gasteiger partial charge in [-0.15, -0.1) is 0 Å². The fraction of sp³-hybridized carbons (Fsp3) is 0.500. The van der Waals surface area contributed by atoms with Crippen LogP contribution in [0.5, 0.6) is 0 Å². The summed E-state index contributed by atoms with van der Waals surface area (Å²) in [7, 11) is 0. The van der Waals surface area contributed by atoms with Crippen LogP contribution in [-0.4, -0.2) is 24.2 Å². The largest absolute Gasteiger partial charge is 0.462 e. The van der Waals surface area contributed by atoms with Gasteiger partial charge < -0.3 is 10.1 Å². The molecule has 0 bridgehead atoms. The first-order valence-corrected chi connectivity index (χ1v) is 5.02. The molecule has 1 aliphatic heterocycles. The van der Waals surface area contributed by atoms with Crippen LogP contribution in [0.15, 0.2) is 11.1 Å². The number of carbonyl (C=O) groups excluding carboxylic acids is 2. The van der Waals surface area contributed by atoms with Crippen LogP contribution in [0.2, 0.25) is 0 Å². The van der Waals surface area contributed by atoms with Crippen molar-refractivity contribution in [2.75, 3.05) is 12.4 Å². The average molecular weight is 201 g/mol. The average Bonchev–Trinajstić information content (AvgIpc) is 2.48. The minimum atomic E-state index is -0.397. The molecular weight excluding hydrogens is 190 g/mol. The summed E-state index contributed by atoms with van der Waals surface area (Å²) < 4.78 is 4.81. The lowest BCUT2D eigenvalue weighted by Gasteiger charge is -1.98. The van der Waals surface area contributed by atoms with Crippen molar-refractivity contribution in [2.45, 2.75) is 13.3 Å². The third-order valence-electron chi connectivity index (χ3n) is 1.32. The van der Waals surface area contributed by atoms with E-state index >= 15 is 0 Å². The molecule has 0 aromatic heterocycles. The van der Waals surface area contributed by atoms with Gasteiger partial charge in [-0.05, 0) is 6.42 Å². The summed E-state index contributed by atoms with van der Waals surface area (Å²) >= 11 is 1.31. The normalized spacial score (nSPS) is 18.8. The molecule has 5 heteroatoms. The van der Waals surface area contributed by atoms with Crippen molar-refractivity contribution in [1.29, 1.82) is 0 Å². The quantitative estimate of drug-likeness (QED) is 0.538. The number of hydrogen-bond donors (Lipinski definition) is 1. The summed E-state index contributed by atoms with van der Waals surface area (Å²) in [6.45, 7) is 2.34. The molecule has 0 atom stereocenters. The Balaban J connectivity index is 2.37. The van der Waals surface area contributed by atoms with Crippen LogP contribution in [0, 0.1) is 0 Å². The monoisotopic (exact) mass is 201 g/mol. The SMILES string of the molecule is CCCOC(=O)/C=C1/NC(=O)CS1. The van der Waals surface area contributed by atoms with Crippen molar-refractivity contribution in [3.63, 3.8) is 0 Å². The number of hydrogen-bond acceptors (Lipinski definition) is 4. The van der Waals surface area contributed by atoms with E-state index in [4.69, 9.17) is 4.74 Å². The van der Waals surface area contributed by atoms with E-state index in [0.29, 0.717) is 17.4 Å². The Morgan fingerprint density at radius 3 is 3.08 bits per heavy atom. The van der Waals surface area contributed by atoms with Crippen LogP contribution >= 0.6 is 11.8 Å². The maximum absolute atomic E-state index is 11.0. The highest BCUT2D eigenvalue weighted by Gasteiger charge is 2.15. The maximum atomic E-state index is 11.0. The second-order valence-electron chi connectivity index (χ2n) is 2.51. The molecule has 1 heterocycles. The fourth-order valence-electron chi connectivity index (χ4n) is 0.782. The maximum Gasteiger partial charge on any atom is 0.333 e. The van der Waals surface area contributed by atoms with Crippen molar-refractivity contribution in [3.8, 4) is 0 Å². The van der Waals surface area contributed by atoms with Crippen molar-refractivity contribution < 1.29 is 14.3 Å². The Labute approximate surface area is 80.7 Å². The molecule has 1 fully saturated rings. The molecule has 1 N–H and O–H groups in total. The van der Waals surface area contributed by atoms with E-state index in [1.807, 2.05) is 6.92 Å². The first-order valence-electron chi connectivity index (χ1n) is 4.03. The van der Waals surface area contributed by atoms with Gasteiger partial charge in [0.15, 0.2) is 0 Å². The second-order valence-corrected chi connectivity index (χ2v) is 3.53. The van der Waals surface area contributed by atoms with E-state index in [0.717, 1.165) is 6.42 Å². The molecule has 1 amide bonds. The van der Waals surface area contributed by atoms with Gasteiger partial charge in [0, 0.05) is 0 Å². The predicted octanol–water partition coefficient (Wildman–Crippen LogP) is 0.644. The summed E-state index contributed by atoms with van der Waals surface area (Å²) in [5.74, 6) is -0.0847. The highest BCUT2D eigenvalue weighted by Crippen LogP contribution is 2.18. The summed E-state index contributed by atoms with van der Waals surface area (Å²) in [5, 5.41) is 3.12. The molecule has 4 nitrogen and oxygen atoms in total. The zero-order valence-corrected chi connectivity index (χ0v) is 8.15. The minimum absolute atomic E-state index is 0.0699. The second kappa shape index (κ2) is 4.91. The van der Waals surface area contributed by atoms with Crippen LogP contribution in [0.3, 0.4) is 0 Å². The Kier molecular flexibility index (Phi) is 3.82. The highest BCUT2D eigenvalue weighted by molar-refractivity contribution is 8.04. The number of nitrogens with one attached hydrogen (secondary N) is 1. The molecule has 0 aromatic rings. The fourth-order valence-corrected chi connectivity index (χ4v) is 1.51. The Morgan fingerprint density at radius 1 is 1.77 bits per heavy atom. The standard InChI is InChI=1S/C8H11NO3S/c1-2-3-12-8(11)4-7-9-6(10)5-13-7/h4H,2-3,5H2,1H3,(H,9,10)/b7-4-. The van der Waals surface area contributed by atoms with E-state index < -0.39 is 5.97 Å². The zero-order chi connectivity index (χ0) is 9.68. The van der Waals surface area contributed by atoms with Gasteiger partial charge in [0.05, 0.1) is 23.5 Å². The first kappa shape index (κ1) is 10.1. The van der Waals surface area contributed by atoms with Gasteiger partial charge in [-0.3, -0.25) is 4.79 Å². The lowest BCUT2D eigenvalue weighted by atomic mass is 10.5. The smallest absolute Gasteiger partial charge is 0.333 e. The summed E-state index contributed by atoms with van der Waals surface area (Å²) in [6, 6.07) is 0. The molecule has 0 radical (unpaired) electrons. The number of carbonyl (C=O) groups is 2. The van der Waals surface area contributed by atoms with E-state index in [1.165, 1.54) is 17.8 Å². The van der Waals surface area contributed by atoms with Crippen molar-refractivity contribution in [1.82, 2.24) is 5.32 Å². The van der Waals surface area contributed by atoms with Gasteiger partial charge in [-0.1, -0.05) is 18.7 Å². The Bertz CT molecular complexity index is 250. The van der Waals surface area contributed by atoms with Crippen molar-refractivity contribution in [3.05, 3.63) is 11.1 Å². The number of thioether (sulfide) groups is 1. The van der Waals surface area contributed by atoms with Crippen molar-refractivity contribution >= 4 is 23.6 Å². The summed E-state index contributed by atoms with van der Waals surface area (Å²) in [4.78, 5) is 21.7. The molecule has 1 aliphatic rings. The summed E-state index contributed by atoms with van der Waals surface area (Å²) in [5.41, 5.74) is 0. The van der Waals surface area contributed by atoms with Gasteiger partial charge >= 0.3 is 5.97 Å². The minimum Gasteiger partial charge on any atom is -0.462 e. The number of amides is 1. The molecule has 72 valence electrons. The van der Waals surface area contributed by atoms with E-state index in [-0.39, 0.29) is 5.91 Å². The van der Waals surface area contributed by atoms with E-state index in [1.54, 1.807) is 0 Å². The molecule has 1 rings (SSSR count). The number of rotatable bonds is 3. The number of esters is 1. The third kappa shape index (κ3) is 3.50. The molecule has 1 saturated heterocycles. The first-order chi connectivity index (χ1) is 6.22. The topological polar surface area (TPSA) is 55.4 Å². The van der Waals surface area contributed by atoms with Crippen LogP contribution in [0.25, 0.3) is 0 Å². The van der Waals surface area contributed by atoms with Gasteiger partial charge in [-0.25, -0.2) is 4.79 Å². The van der Waals surface area contributed by atoms with Gasteiger partial charge in [0.1, 0.15) is 0 Å². The molecule has 0 spiro atoms. The lowest BCUT2D eigenvalue weighted by Crippen LogP contribution is -2.15. The third-order valence-corrected chi connectivity index (χ3v) is 2.26. The van der Waals surface area contributed by atoms with Crippen molar-refractivity contribution in [2.24, 2.45) is 0 Å². The molecule has 0 aliphatic carbocycles. The van der Waals surface area contributed by atoms with E-state index in [9.17, 15) is 9.59 Å². The van der Waals surface area contributed by atoms with Crippen LogP contribution in [0.4, 0.5) is 0 Å². The molecule has 13 heavy (non-hydrogen) atoms. The van der Waals surface area contributed by atoms with Gasteiger partial charge in [0.25, 0.3) is 0 Å². The molecular formula is C8H11NO3S. The summed E-state index contributed by atoms with van der Waals surface area (Å²) in [6.07, 6.45) is 2.11. The molecule has 0 saturated carbocycles. The zero-order valence-electron chi connectivity index (χ0n) is 7.33. The van der Waals surface area contributed by atoms with E-state index in [2.05, 4.69) is 5.32 Å². The number of ether oxygens (including phenoxy) is 1. The molecule has 0 aromatic carbocycles. The van der Waals surface area contributed by atoms with Crippen LogP contribution in [-0.2, 0) is 14.3 Å². The van der Waals surface area contributed by atoms with Gasteiger partial charge in [0.2, 0.25) is 5.91 Å².